The average molecular weight is 185 g/mol. The summed E-state index contributed by atoms with van der Waals surface area (Å²) in [6.07, 6.45) is 2.16. The molecule has 4 heteroatoms. The Morgan fingerprint density at radius 3 is 2.54 bits per heavy atom. The number of imide groups is 1. The normalized spacial score (nSPS) is 15.2. The molecule has 0 heterocycles. The van der Waals surface area contributed by atoms with E-state index in [-0.39, 0.29) is 5.91 Å². The number of amides is 2. The molecular weight excluding hydrogens is 170 g/mol. The van der Waals surface area contributed by atoms with Crippen molar-refractivity contribution in [3.63, 3.8) is 0 Å². The molecule has 0 aromatic carbocycles. The van der Waals surface area contributed by atoms with Crippen LogP contribution in [0.25, 0.3) is 0 Å². The van der Waals surface area contributed by atoms with Crippen molar-refractivity contribution in [1.29, 1.82) is 0 Å². The topological polar surface area (TPSA) is 46.6 Å². The van der Waals surface area contributed by atoms with E-state index >= 15 is 0 Å². The zero-order chi connectivity index (χ0) is 9.84. The lowest BCUT2D eigenvalue weighted by Crippen LogP contribution is -2.33. The van der Waals surface area contributed by atoms with Crippen LogP contribution in [0, 0.1) is 5.92 Å². The Morgan fingerprint density at radius 1 is 1.46 bits per heavy atom. The monoisotopic (exact) mass is 185 g/mol. The van der Waals surface area contributed by atoms with E-state index in [1.165, 1.54) is 7.05 Å². The van der Waals surface area contributed by atoms with Gasteiger partial charge in [0.2, 0.25) is 5.91 Å². The smallest absolute Gasteiger partial charge is 0.416 e. The molecule has 0 spiro atoms. The van der Waals surface area contributed by atoms with Gasteiger partial charge in [0.25, 0.3) is 0 Å². The molecule has 0 aromatic heterocycles. The molecule has 1 aliphatic carbocycles. The van der Waals surface area contributed by atoms with E-state index in [0.29, 0.717) is 18.9 Å². The van der Waals surface area contributed by atoms with E-state index in [0.717, 1.165) is 17.7 Å². The van der Waals surface area contributed by atoms with Gasteiger partial charge in [0.1, 0.15) is 0 Å². The first kappa shape index (κ1) is 10.0. The van der Waals surface area contributed by atoms with E-state index < -0.39 is 6.09 Å². The molecule has 0 radical (unpaired) electrons. The molecule has 0 saturated heterocycles. The number of ether oxygens (including phenoxy) is 1. The van der Waals surface area contributed by atoms with Gasteiger partial charge in [-0.3, -0.25) is 9.69 Å². The van der Waals surface area contributed by atoms with Gasteiger partial charge in [-0.15, -0.1) is 0 Å². The van der Waals surface area contributed by atoms with Crippen LogP contribution in [0.3, 0.4) is 0 Å². The van der Waals surface area contributed by atoms with Gasteiger partial charge in [-0.05, 0) is 25.7 Å². The highest BCUT2D eigenvalue weighted by molar-refractivity contribution is 5.91. The maximum atomic E-state index is 11.3. The summed E-state index contributed by atoms with van der Waals surface area (Å²) in [6.45, 7) is 2.02. The minimum Gasteiger partial charge on any atom is -0.449 e. The van der Waals surface area contributed by atoms with Crippen molar-refractivity contribution in [2.24, 2.45) is 5.92 Å². The molecule has 2 amide bonds. The van der Waals surface area contributed by atoms with E-state index in [9.17, 15) is 9.59 Å². The molecule has 0 bridgehead atoms. The fraction of sp³-hybridized carbons (Fsp3) is 0.778. The van der Waals surface area contributed by atoms with Crippen LogP contribution < -0.4 is 0 Å². The number of hydrogen-bond donors (Lipinski definition) is 0. The van der Waals surface area contributed by atoms with Gasteiger partial charge in [0, 0.05) is 13.5 Å². The molecule has 1 saturated carbocycles. The van der Waals surface area contributed by atoms with Crippen molar-refractivity contribution in [3.05, 3.63) is 0 Å². The fourth-order valence-electron chi connectivity index (χ4n) is 1.03. The van der Waals surface area contributed by atoms with Crippen LogP contribution in [-0.4, -0.2) is 30.6 Å². The minimum absolute atomic E-state index is 0.138. The van der Waals surface area contributed by atoms with Crippen molar-refractivity contribution < 1.29 is 14.3 Å². The third-order valence-corrected chi connectivity index (χ3v) is 2.08. The Morgan fingerprint density at radius 2 is 2.08 bits per heavy atom. The summed E-state index contributed by atoms with van der Waals surface area (Å²) in [7, 11) is 1.46. The molecular formula is C9H15NO3. The van der Waals surface area contributed by atoms with Crippen molar-refractivity contribution in [1.82, 2.24) is 4.90 Å². The Hall–Kier alpha value is -1.06. The maximum absolute atomic E-state index is 11.3. The maximum Gasteiger partial charge on any atom is 0.416 e. The first-order valence-electron chi connectivity index (χ1n) is 4.58. The molecule has 0 aromatic rings. The molecule has 0 N–H and O–H groups in total. The molecule has 1 fully saturated rings. The van der Waals surface area contributed by atoms with E-state index in [1.807, 2.05) is 0 Å². The van der Waals surface area contributed by atoms with Crippen LogP contribution in [0.1, 0.15) is 26.2 Å². The highest BCUT2D eigenvalue weighted by Gasteiger charge is 2.28. The Balaban J connectivity index is 2.30. The molecule has 1 aliphatic rings. The van der Waals surface area contributed by atoms with Gasteiger partial charge < -0.3 is 4.74 Å². The second-order valence-corrected chi connectivity index (χ2v) is 3.30. The molecule has 13 heavy (non-hydrogen) atoms. The average Bonchev–Trinajstić information content (AvgIpc) is 2.87. The quantitative estimate of drug-likeness (QED) is 0.667. The molecule has 0 atom stereocenters. The third kappa shape index (κ3) is 3.05. The van der Waals surface area contributed by atoms with Gasteiger partial charge in [-0.2, -0.15) is 0 Å². The second kappa shape index (κ2) is 4.25. The highest BCUT2D eigenvalue weighted by atomic mass is 16.6. The lowest BCUT2D eigenvalue weighted by Gasteiger charge is -2.13. The predicted molar refractivity (Wildman–Crippen MR) is 47.1 cm³/mol. The summed E-state index contributed by atoms with van der Waals surface area (Å²) in [5, 5.41) is 0. The van der Waals surface area contributed by atoms with Crippen molar-refractivity contribution in [3.8, 4) is 0 Å². The first-order chi connectivity index (χ1) is 6.15. The lowest BCUT2D eigenvalue weighted by atomic mass is 10.3. The van der Waals surface area contributed by atoms with Crippen molar-refractivity contribution in [2.45, 2.75) is 26.2 Å². The van der Waals surface area contributed by atoms with Gasteiger partial charge >= 0.3 is 6.09 Å². The zero-order valence-corrected chi connectivity index (χ0v) is 8.08. The van der Waals surface area contributed by atoms with Gasteiger partial charge in [-0.25, -0.2) is 4.79 Å². The summed E-state index contributed by atoms with van der Waals surface area (Å²) in [4.78, 5) is 23.5. The standard InChI is InChI=1S/C9H15NO3/c1-3-13-9(12)10(2)8(11)6-7-4-5-7/h7H,3-6H2,1-2H3. The van der Waals surface area contributed by atoms with Gasteiger partial charge in [0.05, 0.1) is 6.61 Å². The summed E-state index contributed by atoms with van der Waals surface area (Å²) in [5.41, 5.74) is 0. The van der Waals surface area contributed by atoms with Crippen LogP contribution in [0.4, 0.5) is 4.79 Å². The number of carbonyl (C=O) groups is 2. The number of carbonyl (C=O) groups excluding carboxylic acids is 2. The fourth-order valence-corrected chi connectivity index (χ4v) is 1.03. The summed E-state index contributed by atoms with van der Waals surface area (Å²) in [6, 6.07) is 0. The molecule has 0 unspecified atom stereocenters. The number of nitrogens with zero attached hydrogens (tertiary/aromatic N) is 1. The van der Waals surface area contributed by atoms with Crippen LogP contribution in [0.15, 0.2) is 0 Å². The second-order valence-electron chi connectivity index (χ2n) is 3.30. The third-order valence-electron chi connectivity index (χ3n) is 2.08. The predicted octanol–water partition coefficient (Wildman–Crippen LogP) is 1.40. The Bertz CT molecular complexity index is 211. The van der Waals surface area contributed by atoms with E-state index in [4.69, 9.17) is 4.74 Å². The minimum atomic E-state index is -0.548. The molecule has 74 valence electrons. The molecule has 4 nitrogen and oxygen atoms in total. The van der Waals surface area contributed by atoms with Gasteiger partial charge in [-0.1, -0.05) is 0 Å². The Labute approximate surface area is 77.8 Å². The summed E-state index contributed by atoms with van der Waals surface area (Å²) < 4.78 is 4.69. The Kier molecular flexibility index (Phi) is 3.28. The van der Waals surface area contributed by atoms with E-state index in [2.05, 4.69) is 0 Å². The lowest BCUT2D eigenvalue weighted by molar-refractivity contribution is -0.128. The van der Waals surface area contributed by atoms with E-state index in [1.54, 1.807) is 6.92 Å². The van der Waals surface area contributed by atoms with Crippen LogP contribution >= 0.6 is 0 Å². The zero-order valence-electron chi connectivity index (χ0n) is 8.08. The molecule has 1 rings (SSSR count). The summed E-state index contributed by atoms with van der Waals surface area (Å²) >= 11 is 0. The highest BCUT2D eigenvalue weighted by Crippen LogP contribution is 2.32. The number of rotatable bonds is 3. The van der Waals surface area contributed by atoms with Crippen LogP contribution in [0.2, 0.25) is 0 Å². The molecule has 0 aliphatic heterocycles. The first-order valence-corrected chi connectivity index (χ1v) is 4.58. The summed E-state index contributed by atoms with van der Waals surface area (Å²) in [5.74, 6) is 0.366. The van der Waals surface area contributed by atoms with Gasteiger partial charge in [0.15, 0.2) is 0 Å². The van der Waals surface area contributed by atoms with Crippen LogP contribution in [0.5, 0.6) is 0 Å². The number of hydrogen-bond acceptors (Lipinski definition) is 3. The van der Waals surface area contributed by atoms with Crippen molar-refractivity contribution >= 4 is 12.0 Å². The SMILES string of the molecule is CCOC(=O)N(C)C(=O)CC1CC1. The van der Waals surface area contributed by atoms with Crippen molar-refractivity contribution in [2.75, 3.05) is 13.7 Å². The largest absolute Gasteiger partial charge is 0.449 e. The van der Waals surface area contributed by atoms with Crippen LogP contribution in [-0.2, 0) is 9.53 Å².